The highest BCUT2D eigenvalue weighted by atomic mass is 19.1. The number of ether oxygens (including phenoxy) is 1. The van der Waals surface area contributed by atoms with Crippen molar-refractivity contribution < 1.29 is 23.1 Å². The molecule has 2 unspecified atom stereocenters. The van der Waals surface area contributed by atoms with Crippen molar-refractivity contribution in [3.05, 3.63) is 95.6 Å². The van der Waals surface area contributed by atoms with E-state index in [4.69, 9.17) is 4.74 Å². The smallest absolute Gasteiger partial charge is 0.319 e. The fraction of sp³-hybridized carbons (Fsp3) is 0.167. The molecule has 0 spiro atoms. The highest BCUT2D eigenvalue weighted by molar-refractivity contribution is 5.95. The van der Waals surface area contributed by atoms with E-state index in [1.165, 1.54) is 0 Å². The lowest BCUT2D eigenvalue weighted by Crippen LogP contribution is -2.45. The summed E-state index contributed by atoms with van der Waals surface area (Å²) < 4.78 is 35.3. The van der Waals surface area contributed by atoms with Crippen LogP contribution in [-0.2, 0) is 11.4 Å². The average Bonchev–Trinajstić information content (AvgIpc) is 3.13. The maximum atomic E-state index is 14.9. The number of rotatable bonds is 6. The SMILES string of the molecule is O=C(Nc1ccccc1)NC1C(=O)NCC1c1c(F)cc(OCc2ccccc2)cc1F. The van der Waals surface area contributed by atoms with Crippen molar-refractivity contribution in [2.24, 2.45) is 0 Å². The minimum absolute atomic E-state index is 0.00677. The molecule has 3 aromatic rings. The Kier molecular flexibility index (Phi) is 6.30. The van der Waals surface area contributed by atoms with Crippen LogP contribution in [0.25, 0.3) is 0 Å². The van der Waals surface area contributed by atoms with E-state index in [9.17, 15) is 18.4 Å². The van der Waals surface area contributed by atoms with Crippen molar-refractivity contribution in [3.63, 3.8) is 0 Å². The van der Waals surface area contributed by atoms with Crippen LogP contribution in [0.15, 0.2) is 72.8 Å². The first-order chi connectivity index (χ1) is 15.5. The molecule has 1 saturated heterocycles. The molecule has 6 nitrogen and oxygen atoms in total. The molecule has 1 aliphatic heterocycles. The topological polar surface area (TPSA) is 79.5 Å². The first kappa shape index (κ1) is 21.3. The summed E-state index contributed by atoms with van der Waals surface area (Å²) in [6, 6.07) is 18.3. The number of urea groups is 1. The van der Waals surface area contributed by atoms with Gasteiger partial charge < -0.3 is 20.7 Å². The number of amides is 3. The summed E-state index contributed by atoms with van der Waals surface area (Å²) >= 11 is 0. The normalized spacial score (nSPS) is 17.5. The van der Waals surface area contributed by atoms with Crippen LogP contribution in [0.3, 0.4) is 0 Å². The Balaban J connectivity index is 1.48. The first-order valence-corrected chi connectivity index (χ1v) is 10.1. The number of para-hydroxylation sites is 1. The molecule has 0 radical (unpaired) electrons. The molecular weight excluding hydrogens is 416 g/mol. The third kappa shape index (κ3) is 4.85. The summed E-state index contributed by atoms with van der Waals surface area (Å²) in [4.78, 5) is 24.6. The van der Waals surface area contributed by atoms with Crippen molar-refractivity contribution in [3.8, 4) is 5.75 Å². The van der Waals surface area contributed by atoms with Crippen LogP contribution >= 0.6 is 0 Å². The molecular formula is C24H21F2N3O3. The highest BCUT2D eigenvalue weighted by Gasteiger charge is 2.40. The zero-order chi connectivity index (χ0) is 22.5. The van der Waals surface area contributed by atoms with Crippen LogP contribution in [0.4, 0.5) is 19.3 Å². The summed E-state index contributed by atoms with van der Waals surface area (Å²) in [7, 11) is 0. The lowest BCUT2D eigenvalue weighted by molar-refractivity contribution is -0.120. The maximum absolute atomic E-state index is 14.9. The molecule has 0 saturated carbocycles. The lowest BCUT2D eigenvalue weighted by Gasteiger charge is -2.20. The molecule has 1 heterocycles. The Morgan fingerprint density at radius 3 is 2.28 bits per heavy atom. The number of hydrogen-bond acceptors (Lipinski definition) is 3. The Bertz CT molecular complexity index is 1090. The van der Waals surface area contributed by atoms with E-state index in [0.717, 1.165) is 17.7 Å². The van der Waals surface area contributed by atoms with Gasteiger partial charge in [-0.15, -0.1) is 0 Å². The predicted molar refractivity (Wildman–Crippen MR) is 115 cm³/mol. The van der Waals surface area contributed by atoms with Crippen molar-refractivity contribution >= 4 is 17.6 Å². The lowest BCUT2D eigenvalue weighted by atomic mass is 9.93. The van der Waals surface area contributed by atoms with Crippen molar-refractivity contribution in [2.75, 3.05) is 11.9 Å². The van der Waals surface area contributed by atoms with Gasteiger partial charge in [0.05, 0.1) is 0 Å². The Morgan fingerprint density at radius 1 is 1.00 bits per heavy atom. The number of benzene rings is 3. The number of halogens is 2. The van der Waals surface area contributed by atoms with Crippen LogP contribution in [-0.4, -0.2) is 24.5 Å². The van der Waals surface area contributed by atoms with E-state index < -0.39 is 35.5 Å². The minimum atomic E-state index is -1.13. The number of carbonyl (C=O) groups excluding carboxylic acids is 2. The quantitative estimate of drug-likeness (QED) is 0.547. The van der Waals surface area contributed by atoms with Gasteiger partial charge in [-0.25, -0.2) is 13.6 Å². The Labute approximate surface area is 183 Å². The monoisotopic (exact) mass is 437 g/mol. The van der Waals surface area contributed by atoms with Gasteiger partial charge in [-0.1, -0.05) is 48.5 Å². The van der Waals surface area contributed by atoms with Gasteiger partial charge in [-0.3, -0.25) is 4.79 Å². The van der Waals surface area contributed by atoms with Gasteiger partial charge in [0.25, 0.3) is 0 Å². The predicted octanol–water partition coefficient (Wildman–Crippen LogP) is 3.95. The van der Waals surface area contributed by atoms with Gasteiger partial charge in [0.2, 0.25) is 5.91 Å². The van der Waals surface area contributed by atoms with E-state index in [1.807, 2.05) is 30.3 Å². The molecule has 164 valence electrons. The van der Waals surface area contributed by atoms with Gasteiger partial charge >= 0.3 is 6.03 Å². The third-order valence-electron chi connectivity index (χ3n) is 5.17. The summed E-state index contributed by atoms with van der Waals surface area (Å²) in [5.74, 6) is -3.07. The van der Waals surface area contributed by atoms with Gasteiger partial charge in [-0.05, 0) is 17.7 Å². The number of anilines is 1. The maximum Gasteiger partial charge on any atom is 0.319 e. The second-order valence-corrected chi connectivity index (χ2v) is 7.37. The number of nitrogens with one attached hydrogen (secondary N) is 3. The van der Waals surface area contributed by atoms with Crippen LogP contribution in [0, 0.1) is 11.6 Å². The molecule has 3 aromatic carbocycles. The van der Waals surface area contributed by atoms with E-state index in [1.54, 1.807) is 30.3 Å². The molecule has 3 N–H and O–H groups in total. The summed E-state index contributed by atoms with van der Waals surface area (Å²) in [5, 5.41) is 7.67. The molecule has 2 atom stereocenters. The average molecular weight is 437 g/mol. The molecule has 3 amide bonds. The minimum Gasteiger partial charge on any atom is -0.489 e. The Morgan fingerprint density at radius 2 is 1.62 bits per heavy atom. The molecule has 4 rings (SSSR count). The number of hydrogen-bond donors (Lipinski definition) is 3. The zero-order valence-corrected chi connectivity index (χ0v) is 17.0. The van der Waals surface area contributed by atoms with Gasteiger partial charge in [0, 0.05) is 35.8 Å². The van der Waals surface area contributed by atoms with E-state index in [2.05, 4.69) is 16.0 Å². The number of carbonyl (C=O) groups is 2. The van der Waals surface area contributed by atoms with Gasteiger partial charge in [0.1, 0.15) is 30.0 Å². The molecule has 1 fully saturated rings. The van der Waals surface area contributed by atoms with Crippen LogP contribution in [0.5, 0.6) is 5.75 Å². The summed E-state index contributed by atoms with van der Waals surface area (Å²) in [5.41, 5.74) is 1.11. The van der Waals surface area contributed by atoms with Crippen molar-refractivity contribution in [2.45, 2.75) is 18.6 Å². The molecule has 0 bridgehead atoms. The summed E-state index contributed by atoms with van der Waals surface area (Å²) in [6.07, 6.45) is 0. The highest BCUT2D eigenvalue weighted by Crippen LogP contribution is 2.31. The van der Waals surface area contributed by atoms with Crippen molar-refractivity contribution in [1.29, 1.82) is 0 Å². The first-order valence-electron chi connectivity index (χ1n) is 10.1. The van der Waals surface area contributed by atoms with Crippen LogP contribution in [0.1, 0.15) is 17.0 Å². The van der Waals surface area contributed by atoms with E-state index >= 15 is 0 Å². The third-order valence-corrected chi connectivity index (χ3v) is 5.17. The Hall–Kier alpha value is -3.94. The fourth-order valence-electron chi connectivity index (χ4n) is 3.63. The van der Waals surface area contributed by atoms with Crippen LogP contribution in [0.2, 0.25) is 0 Å². The summed E-state index contributed by atoms with van der Waals surface area (Å²) in [6.45, 7) is 0.152. The van der Waals surface area contributed by atoms with Gasteiger partial charge in [0.15, 0.2) is 0 Å². The standard InChI is InChI=1S/C24H21F2N3O3/c25-19-11-17(32-14-15-7-3-1-4-8-15)12-20(26)21(19)18-13-27-23(30)22(18)29-24(31)28-16-9-5-2-6-10-16/h1-12,18,22H,13-14H2,(H,27,30)(H2,28,29,31). The fourth-order valence-corrected chi connectivity index (χ4v) is 3.63. The van der Waals surface area contributed by atoms with E-state index in [0.29, 0.717) is 5.69 Å². The zero-order valence-electron chi connectivity index (χ0n) is 17.0. The second kappa shape index (κ2) is 9.47. The molecule has 8 heteroatoms. The van der Waals surface area contributed by atoms with Gasteiger partial charge in [-0.2, -0.15) is 0 Å². The molecule has 0 aromatic heterocycles. The molecule has 32 heavy (non-hydrogen) atoms. The van der Waals surface area contributed by atoms with E-state index in [-0.39, 0.29) is 24.5 Å². The molecule has 0 aliphatic carbocycles. The molecule has 1 aliphatic rings. The largest absolute Gasteiger partial charge is 0.489 e. The van der Waals surface area contributed by atoms with Crippen LogP contribution < -0.4 is 20.7 Å². The van der Waals surface area contributed by atoms with Crippen molar-refractivity contribution in [1.82, 2.24) is 10.6 Å². The second-order valence-electron chi connectivity index (χ2n) is 7.37.